The number of aliphatic hydroxyl groups is 1. The highest BCUT2D eigenvalue weighted by molar-refractivity contribution is 5.86. The number of unbranched alkanes of at least 4 members (excludes halogenated alkanes) is 8. The number of carbonyl (C=O) groups excluding carboxylic acids is 1. The van der Waals surface area contributed by atoms with E-state index < -0.39 is 16.0 Å². The van der Waals surface area contributed by atoms with Crippen molar-refractivity contribution in [3.63, 3.8) is 0 Å². The zero-order chi connectivity index (χ0) is 22.3. The molecule has 3 N–H and O–H groups in total. The molecule has 0 aromatic carbocycles. The molecule has 9 heteroatoms. The fourth-order valence-corrected chi connectivity index (χ4v) is 3.24. The van der Waals surface area contributed by atoms with Crippen LogP contribution in [0.25, 0.3) is 0 Å². The summed E-state index contributed by atoms with van der Waals surface area (Å²) in [6, 6.07) is 0. The van der Waals surface area contributed by atoms with Crippen LogP contribution in [0, 0.1) is 10.2 Å². The highest BCUT2D eigenvalue weighted by Crippen LogP contribution is 2.14. The quantitative estimate of drug-likeness (QED) is 0.189. The van der Waals surface area contributed by atoms with Crippen molar-refractivity contribution >= 4 is 5.78 Å². The Morgan fingerprint density at radius 1 is 0.893 bits per heavy atom. The molecule has 28 heavy (non-hydrogen) atoms. The zero-order valence-corrected chi connectivity index (χ0v) is 18.8. The number of hydrogen-bond acceptors (Lipinski definition) is 7. The molecule has 0 spiro atoms. The molecular formula is C19H41ClN2O6. The number of quaternary nitrogens is 1. The fourth-order valence-electron chi connectivity index (χ4n) is 3.24. The van der Waals surface area contributed by atoms with Gasteiger partial charge in [-0.1, -0.05) is 65.2 Å². The molecule has 8 nitrogen and oxygen atoms in total. The molecule has 0 aromatic rings. The average Bonchev–Trinajstić information content (AvgIpc) is 2.50. The summed E-state index contributed by atoms with van der Waals surface area (Å²) >= 11 is 0. The number of hydrogen-bond donors (Lipinski definition) is 2. The van der Waals surface area contributed by atoms with Gasteiger partial charge in [0.05, 0.1) is 20.6 Å². The molecule has 0 fully saturated rings. The summed E-state index contributed by atoms with van der Waals surface area (Å²) in [6.07, 6.45) is 12.4. The Kier molecular flexibility index (Phi) is 16.6. The molecule has 0 radical (unpaired) electrons. The Morgan fingerprint density at radius 2 is 1.29 bits per heavy atom. The van der Waals surface area contributed by atoms with Gasteiger partial charge in [-0.3, -0.25) is 10.5 Å². The van der Waals surface area contributed by atoms with Crippen LogP contribution >= 0.6 is 0 Å². The summed E-state index contributed by atoms with van der Waals surface area (Å²) in [6.45, 7) is 5.53. The molecule has 0 bridgehead atoms. The van der Waals surface area contributed by atoms with Crippen LogP contribution in [0.2, 0.25) is 0 Å². The lowest BCUT2D eigenvalue weighted by Crippen LogP contribution is -2.68. The van der Waals surface area contributed by atoms with Crippen LogP contribution in [-0.4, -0.2) is 48.3 Å². The molecule has 0 saturated heterocycles. The molecule has 170 valence electrons. The minimum absolute atomic E-state index is 0.206. The van der Waals surface area contributed by atoms with Gasteiger partial charge in [0.1, 0.15) is 6.54 Å². The first-order valence-corrected chi connectivity index (χ1v) is 11.5. The van der Waals surface area contributed by atoms with Crippen LogP contribution < -0.4 is 24.4 Å². The van der Waals surface area contributed by atoms with Crippen molar-refractivity contribution in [1.82, 2.24) is 0 Å². The van der Waals surface area contributed by atoms with E-state index in [0.29, 0.717) is 10.9 Å². The minimum Gasteiger partial charge on any atom is -0.365 e. The number of nitrogens with two attached hydrogens (primary N) is 1. The second-order valence-corrected chi connectivity index (χ2v) is 8.88. The number of halogens is 1. The van der Waals surface area contributed by atoms with Crippen LogP contribution in [0.15, 0.2) is 0 Å². The number of carbonyl (C=O) groups is 1. The normalized spacial score (nSPS) is 14.2. The third kappa shape index (κ3) is 22.0. The van der Waals surface area contributed by atoms with Gasteiger partial charge in [0.25, 0.3) is 0 Å². The molecule has 0 aliphatic heterocycles. The van der Waals surface area contributed by atoms with Crippen molar-refractivity contribution in [3.8, 4) is 0 Å². The first kappa shape index (κ1) is 29.9. The van der Waals surface area contributed by atoms with Gasteiger partial charge < -0.3 is 9.59 Å². The van der Waals surface area contributed by atoms with Crippen LogP contribution in [0.3, 0.4) is 0 Å². The summed E-state index contributed by atoms with van der Waals surface area (Å²) in [5.74, 6) is -0.206. The first-order valence-electron chi connectivity index (χ1n) is 10.2. The van der Waals surface area contributed by atoms with Crippen molar-refractivity contribution in [3.05, 3.63) is 0 Å². The van der Waals surface area contributed by atoms with Crippen molar-refractivity contribution in [2.24, 2.45) is 5.73 Å². The van der Waals surface area contributed by atoms with E-state index in [1.54, 1.807) is 0 Å². The summed E-state index contributed by atoms with van der Waals surface area (Å²) in [7, 11) is -0.930. The third-order valence-corrected chi connectivity index (χ3v) is 4.49. The van der Waals surface area contributed by atoms with Gasteiger partial charge in [-0.25, -0.2) is 18.6 Å². The van der Waals surface area contributed by atoms with Gasteiger partial charge in [0.15, 0.2) is 5.78 Å². The molecule has 1 atom stereocenters. The van der Waals surface area contributed by atoms with Gasteiger partial charge in [0, 0.05) is 6.42 Å². The topological polar surface area (TPSA) is 156 Å². The molecule has 1 unspecified atom stereocenters. The van der Waals surface area contributed by atoms with Gasteiger partial charge in [0.2, 0.25) is 5.72 Å². The largest absolute Gasteiger partial charge is 0.365 e. The third-order valence-electron chi connectivity index (χ3n) is 4.49. The highest BCUT2D eigenvalue weighted by atomic mass is 35.7. The predicted octanol–water partition coefficient (Wildman–Crippen LogP) is -1.15. The van der Waals surface area contributed by atoms with Gasteiger partial charge >= 0.3 is 0 Å². The summed E-state index contributed by atoms with van der Waals surface area (Å²) in [5, 5.41) is 10.3. The number of rotatable bonds is 15. The Balaban J connectivity index is 0. The van der Waals surface area contributed by atoms with Crippen LogP contribution in [0.4, 0.5) is 0 Å². The molecule has 0 aliphatic carbocycles. The van der Waals surface area contributed by atoms with E-state index in [9.17, 15) is 9.90 Å². The Hall–Kier alpha value is -0.320. The minimum atomic E-state index is -4.94. The van der Waals surface area contributed by atoms with Crippen molar-refractivity contribution in [2.75, 3.05) is 27.2 Å². The van der Waals surface area contributed by atoms with Gasteiger partial charge in [-0.15, -0.1) is 10.2 Å². The number of nitrogens with zero attached hydrogens (tertiary/aromatic N) is 1. The molecule has 0 rings (SSSR count). The molecule has 0 aliphatic rings. The van der Waals surface area contributed by atoms with E-state index in [-0.39, 0.29) is 12.3 Å². The second-order valence-electron chi connectivity index (χ2n) is 8.12. The SMILES string of the molecule is CCCCCCCCCCCC(=O)C(N)(O)C[N+](C)(C)CCC.[O-][Cl+3]([O-])([O-])[O-]. The van der Waals surface area contributed by atoms with Crippen LogP contribution in [0.5, 0.6) is 0 Å². The van der Waals surface area contributed by atoms with E-state index in [2.05, 4.69) is 13.8 Å². The van der Waals surface area contributed by atoms with Gasteiger partial charge in [-0.2, -0.15) is 0 Å². The van der Waals surface area contributed by atoms with Crippen LogP contribution in [-0.2, 0) is 4.79 Å². The van der Waals surface area contributed by atoms with E-state index in [1.807, 2.05) is 14.1 Å². The lowest BCUT2D eigenvalue weighted by atomic mass is 10.0. The number of likely N-dealkylation sites (N-methyl/N-ethyl adjacent to an activating group) is 1. The standard InChI is InChI=1S/C19H41N2O2.ClHO4/c1-5-7-8-9-10-11-12-13-14-15-18(22)19(20,23)17-21(3,4)16-6-2;2-1(3,4)5/h23H,5-17,20H2,1-4H3;(H,2,3,4,5)/q+1;/p-1. The van der Waals surface area contributed by atoms with Gasteiger partial charge in [-0.05, 0) is 12.8 Å². The molecule has 0 saturated carbocycles. The number of Topliss-reactive ketones (excluding diaryl/α,β-unsaturated/α-hetero) is 1. The smallest absolute Gasteiger partial charge is 0.223 e. The predicted molar refractivity (Wildman–Crippen MR) is 98.1 cm³/mol. The number of ketones is 1. The molecular weight excluding hydrogens is 388 g/mol. The summed E-state index contributed by atoms with van der Waals surface area (Å²) < 4.78 is 34.5. The maximum Gasteiger partial charge on any atom is 0.223 e. The van der Waals surface area contributed by atoms with E-state index >= 15 is 0 Å². The first-order chi connectivity index (χ1) is 12.7. The summed E-state index contributed by atoms with van der Waals surface area (Å²) in [5.41, 5.74) is 4.19. The van der Waals surface area contributed by atoms with Crippen molar-refractivity contribution < 1.29 is 43.3 Å². The van der Waals surface area contributed by atoms with E-state index in [1.165, 1.54) is 44.9 Å². The maximum atomic E-state index is 12.2. The van der Waals surface area contributed by atoms with E-state index in [0.717, 1.165) is 25.8 Å². The molecule has 0 aromatic heterocycles. The van der Waals surface area contributed by atoms with Crippen LogP contribution in [0.1, 0.15) is 84.5 Å². The summed E-state index contributed by atoms with van der Waals surface area (Å²) in [4.78, 5) is 12.2. The maximum absolute atomic E-state index is 12.2. The lowest BCUT2D eigenvalue weighted by Gasteiger charge is -2.35. The Labute approximate surface area is 172 Å². The molecule has 0 amide bonds. The molecule has 0 heterocycles. The Bertz CT molecular complexity index is 394. The van der Waals surface area contributed by atoms with E-state index in [4.69, 9.17) is 24.4 Å². The second kappa shape index (κ2) is 15.5. The average molecular weight is 429 g/mol. The van der Waals surface area contributed by atoms with Crippen molar-refractivity contribution in [1.29, 1.82) is 0 Å². The van der Waals surface area contributed by atoms with Crippen molar-refractivity contribution in [2.45, 2.75) is 90.2 Å². The zero-order valence-electron chi connectivity index (χ0n) is 18.1. The monoisotopic (exact) mass is 428 g/mol. The highest BCUT2D eigenvalue weighted by Gasteiger charge is 2.37. The lowest BCUT2D eigenvalue weighted by molar-refractivity contribution is -2.00. The Morgan fingerprint density at radius 3 is 1.68 bits per heavy atom. The fraction of sp³-hybridized carbons (Fsp3) is 0.947.